The number of carbonyl (C=O) groups is 1. The van der Waals surface area contributed by atoms with Crippen LogP contribution in [-0.2, 0) is 16.1 Å². The number of hydrogen-bond donors (Lipinski definition) is 2. The maximum Gasteiger partial charge on any atom is 0.227 e. The standard InChI is InChI=1S/C20H22ClFN2O2/c21-17-5-3-14(4-6-17)15-1-2-16(18(22)11-15)12-24-19(25)20(13-23)7-9-26-10-8-20/h1-6,11H,7-10,12-13,23H2,(H,24,25). The molecule has 0 saturated carbocycles. The summed E-state index contributed by atoms with van der Waals surface area (Å²) in [6.45, 7) is 1.44. The molecule has 0 aromatic heterocycles. The summed E-state index contributed by atoms with van der Waals surface area (Å²) in [6.07, 6.45) is 1.18. The van der Waals surface area contributed by atoms with Crippen molar-refractivity contribution in [3.63, 3.8) is 0 Å². The van der Waals surface area contributed by atoms with Gasteiger partial charge in [-0.15, -0.1) is 0 Å². The predicted octanol–water partition coefficient (Wildman–Crippen LogP) is 3.52. The second kappa shape index (κ2) is 8.16. The number of carbonyl (C=O) groups excluding carboxylic acids is 1. The van der Waals surface area contributed by atoms with E-state index < -0.39 is 5.41 Å². The van der Waals surface area contributed by atoms with E-state index in [-0.39, 0.29) is 24.8 Å². The quantitative estimate of drug-likeness (QED) is 0.839. The van der Waals surface area contributed by atoms with E-state index >= 15 is 0 Å². The molecule has 26 heavy (non-hydrogen) atoms. The van der Waals surface area contributed by atoms with Crippen LogP contribution in [0.15, 0.2) is 42.5 Å². The van der Waals surface area contributed by atoms with Gasteiger partial charge in [0.25, 0.3) is 0 Å². The van der Waals surface area contributed by atoms with Gasteiger partial charge in [0.2, 0.25) is 5.91 Å². The van der Waals surface area contributed by atoms with Gasteiger partial charge in [0, 0.05) is 36.9 Å². The fourth-order valence-corrected chi connectivity index (χ4v) is 3.29. The lowest BCUT2D eigenvalue weighted by Crippen LogP contribution is -2.49. The molecule has 0 bridgehead atoms. The molecule has 1 fully saturated rings. The molecule has 3 N–H and O–H groups in total. The molecule has 1 aliphatic rings. The van der Waals surface area contributed by atoms with Crippen molar-refractivity contribution in [3.8, 4) is 11.1 Å². The molecule has 1 aliphatic heterocycles. The molecule has 138 valence electrons. The summed E-state index contributed by atoms with van der Waals surface area (Å²) in [4.78, 5) is 12.6. The van der Waals surface area contributed by atoms with Crippen molar-refractivity contribution < 1.29 is 13.9 Å². The summed E-state index contributed by atoms with van der Waals surface area (Å²) in [5.41, 5.74) is 7.30. The number of rotatable bonds is 5. The van der Waals surface area contributed by atoms with E-state index in [1.165, 1.54) is 6.07 Å². The first kappa shape index (κ1) is 18.8. The highest BCUT2D eigenvalue weighted by atomic mass is 35.5. The molecule has 1 heterocycles. The van der Waals surface area contributed by atoms with Crippen LogP contribution in [0.2, 0.25) is 5.02 Å². The first-order valence-corrected chi connectivity index (χ1v) is 9.02. The molecule has 1 saturated heterocycles. The summed E-state index contributed by atoms with van der Waals surface area (Å²) in [7, 11) is 0. The molecular weight excluding hydrogens is 355 g/mol. The highest BCUT2D eigenvalue weighted by Crippen LogP contribution is 2.30. The smallest absolute Gasteiger partial charge is 0.227 e. The van der Waals surface area contributed by atoms with Gasteiger partial charge in [-0.1, -0.05) is 35.9 Å². The topological polar surface area (TPSA) is 64.4 Å². The minimum absolute atomic E-state index is 0.133. The Bertz CT molecular complexity index is 774. The number of hydrogen-bond acceptors (Lipinski definition) is 3. The molecule has 2 aromatic rings. The zero-order valence-corrected chi connectivity index (χ0v) is 15.2. The Morgan fingerprint density at radius 3 is 2.42 bits per heavy atom. The van der Waals surface area contributed by atoms with Crippen LogP contribution in [0.25, 0.3) is 11.1 Å². The van der Waals surface area contributed by atoms with Crippen molar-refractivity contribution >= 4 is 17.5 Å². The molecule has 0 radical (unpaired) electrons. The number of amides is 1. The summed E-state index contributed by atoms with van der Waals surface area (Å²) in [5.74, 6) is -0.490. The SMILES string of the molecule is NCC1(C(=O)NCc2ccc(-c3ccc(Cl)cc3)cc2F)CCOCC1. The van der Waals surface area contributed by atoms with Gasteiger partial charge in [-0.25, -0.2) is 4.39 Å². The van der Waals surface area contributed by atoms with Gasteiger partial charge in [-0.2, -0.15) is 0 Å². The Morgan fingerprint density at radius 2 is 1.81 bits per heavy atom. The number of benzene rings is 2. The van der Waals surface area contributed by atoms with E-state index in [0.717, 1.165) is 11.1 Å². The van der Waals surface area contributed by atoms with Gasteiger partial charge in [0.1, 0.15) is 5.82 Å². The molecule has 0 aliphatic carbocycles. The molecule has 0 unspecified atom stereocenters. The Hall–Kier alpha value is -1.95. The van der Waals surface area contributed by atoms with Crippen LogP contribution >= 0.6 is 11.6 Å². The Kier molecular flexibility index (Phi) is 5.91. The molecule has 0 spiro atoms. The maximum absolute atomic E-state index is 14.5. The molecule has 6 heteroatoms. The highest BCUT2D eigenvalue weighted by Gasteiger charge is 2.38. The summed E-state index contributed by atoms with van der Waals surface area (Å²) < 4.78 is 19.8. The second-order valence-electron chi connectivity index (χ2n) is 6.59. The summed E-state index contributed by atoms with van der Waals surface area (Å²) in [5, 5.41) is 3.47. The predicted molar refractivity (Wildman–Crippen MR) is 100 cm³/mol. The number of halogens is 2. The summed E-state index contributed by atoms with van der Waals surface area (Å²) in [6, 6.07) is 12.2. The van der Waals surface area contributed by atoms with Crippen LogP contribution in [0, 0.1) is 11.2 Å². The molecule has 3 rings (SSSR count). The van der Waals surface area contributed by atoms with Crippen molar-refractivity contribution in [2.24, 2.45) is 11.1 Å². The lowest BCUT2D eigenvalue weighted by molar-refractivity contribution is -0.136. The van der Waals surface area contributed by atoms with E-state index in [1.807, 2.05) is 18.2 Å². The fraction of sp³-hybridized carbons (Fsp3) is 0.350. The zero-order valence-electron chi connectivity index (χ0n) is 14.4. The Morgan fingerprint density at radius 1 is 1.15 bits per heavy atom. The first-order valence-electron chi connectivity index (χ1n) is 8.64. The normalized spacial score (nSPS) is 16.3. The first-order chi connectivity index (χ1) is 12.5. The van der Waals surface area contributed by atoms with E-state index in [1.54, 1.807) is 18.2 Å². The van der Waals surface area contributed by atoms with E-state index in [2.05, 4.69) is 5.32 Å². The fourth-order valence-electron chi connectivity index (χ4n) is 3.16. The summed E-state index contributed by atoms with van der Waals surface area (Å²) >= 11 is 5.88. The van der Waals surface area contributed by atoms with E-state index in [9.17, 15) is 9.18 Å². The second-order valence-corrected chi connectivity index (χ2v) is 7.03. The van der Waals surface area contributed by atoms with Gasteiger partial charge in [-0.05, 0) is 42.2 Å². The average Bonchev–Trinajstić information content (AvgIpc) is 2.68. The van der Waals surface area contributed by atoms with Gasteiger partial charge >= 0.3 is 0 Å². The van der Waals surface area contributed by atoms with Crippen LogP contribution in [-0.4, -0.2) is 25.7 Å². The van der Waals surface area contributed by atoms with Crippen molar-refractivity contribution in [2.45, 2.75) is 19.4 Å². The zero-order chi connectivity index (χ0) is 18.6. The monoisotopic (exact) mass is 376 g/mol. The molecule has 0 atom stereocenters. The van der Waals surface area contributed by atoms with Crippen molar-refractivity contribution in [3.05, 3.63) is 58.9 Å². The van der Waals surface area contributed by atoms with Crippen molar-refractivity contribution in [1.82, 2.24) is 5.32 Å². The largest absolute Gasteiger partial charge is 0.381 e. The van der Waals surface area contributed by atoms with Gasteiger partial charge in [0.05, 0.1) is 5.41 Å². The molecular formula is C20H22ClFN2O2. The van der Waals surface area contributed by atoms with Crippen LogP contribution in [0.4, 0.5) is 4.39 Å². The number of ether oxygens (including phenoxy) is 1. The Labute approximate surface area is 157 Å². The number of nitrogens with two attached hydrogens (primary N) is 1. The number of nitrogens with one attached hydrogen (secondary N) is 1. The van der Waals surface area contributed by atoms with Crippen molar-refractivity contribution in [1.29, 1.82) is 0 Å². The maximum atomic E-state index is 14.5. The molecule has 4 nitrogen and oxygen atoms in total. The van der Waals surface area contributed by atoms with Crippen molar-refractivity contribution in [2.75, 3.05) is 19.8 Å². The third-order valence-electron chi connectivity index (χ3n) is 4.99. The van der Waals surface area contributed by atoms with Crippen LogP contribution in [0.1, 0.15) is 18.4 Å². The van der Waals surface area contributed by atoms with Crippen LogP contribution in [0.3, 0.4) is 0 Å². The highest BCUT2D eigenvalue weighted by molar-refractivity contribution is 6.30. The molecule has 2 aromatic carbocycles. The Balaban J connectivity index is 1.68. The van der Waals surface area contributed by atoms with E-state index in [4.69, 9.17) is 22.1 Å². The third kappa shape index (κ3) is 4.06. The lowest BCUT2D eigenvalue weighted by Gasteiger charge is -2.34. The third-order valence-corrected chi connectivity index (χ3v) is 5.24. The van der Waals surface area contributed by atoms with Gasteiger partial charge < -0.3 is 15.8 Å². The lowest BCUT2D eigenvalue weighted by atomic mass is 9.79. The minimum atomic E-state index is -0.613. The average molecular weight is 377 g/mol. The van der Waals surface area contributed by atoms with Crippen LogP contribution in [0.5, 0.6) is 0 Å². The minimum Gasteiger partial charge on any atom is -0.381 e. The molecule has 1 amide bonds. The van der Waals surface area contributed by atoms with Gasteiger partial charge in [0.15, 0.2) is 0 Å². The van der Waals surface area contributed by atoms with Gasteiger partial charge in [-0.3, -0.25) is 4.79 Å². The van der Waals surface area contributed by atoms with E-state index in [0.29, 0.717) is 36.6 Å². The van der Waals surface area contributed by atoms with Crippen LogP contribution < -0.4 is 11.1 Å².